The Balaban J connectivity index is 1.95. The summed E-state index contributed by atoms with van der Waals surface area (Å²) in [7, 11) is -1.18. The second-order valence-corrected chi connectivity index (χ2v) is 13.9. The number of benzene rings is 4. The predicted molar refractivity (Wildman–Crippen MR) is 168 cm³/mol. The van der Waals surface area contributed by atoms with Gasteiger partial charge >= 0.3 is 0 Å². The Kier molecular flexibility index (Phi) is 7.27. The minimum atomic E-state index is -1.18. The zero-order valence-corrected chi connectivity index (χ0v) is 24.7. The van der Waals surface area contributed by atoms with E-state index < -0.39 is 14.2 Å². The van der Waals surface area contributed by atoms with Gasteiger partial charge in [0, 0.05) is 17.3 Å². The number of nitrogens with one attached hydrogen (secondary N) is 1. The Labute approximate surface area is 230 Å². The lowest BCUT2D eigenvalue weighted by Crippen LogP contribution is -2.38. The molecule has 0 aromatic heterocycles. The first-order chi connectivity index (χ1) is 18.4. The minimum absolute atomic E-state index is 0.333. The van der Waals surface area contributed by atoms with Crippen molar-refractivity contribution in [1.29, 1.82) is 0 Å². The standard InChI is InChI=1S/C36H39NSi/c1-25-26(2)28(4)34(27(25)3)36(29-17-10-7-11-18-29,30-19-12-8-13-20-30)32-23-16-24-33(38(5)6)35(32)37-31-21-14-9-15-22-31/h7-24,27,37-38H,1-6H3. The van der Waals surface area contributed by atoms with Gasteiger partial charge in [-0.05, 0) is 71.5 Å². The summed E-state index contributed by atoms with van der Waals surface area (Å²) in [5.74, 6) is 0.333. The molecule has 0 amide bonds. The molecule has 0 bridgehead atoms. The maximum absolute atomic E-state index is 3.94. The molecule has 0 radical (unpaired) electrons. The number of rotatable bonds is 7. The summed E-state index contributed by atoms with van der Waals surface area (Å²) in [6.07, 6.45) is 0. The third-order valence-electron chi connectivity index (χ3n) is 8.62. The summed E-state index contributed by atoms with van der Waals surface area (Å²) in [6.45, 7) is 14.2. The molecule has 1 nitrogen and oxygen atoms in total. The van der Waals surface area contributed by atoms with E-state index in [0.29, 0.717) is 5.92 Å². The minimum Gasteiger partial charge on any atom is -0.355 e. The van der Waals surface area contributed by atoms with Crippen molar-refractivity contribution in [1.82, 2.24) is 0 Å². The summed E-state index contributed by atoms with van der Waals surface area (Å²) >= 11 is 0. The first-order valence-electron chi connectivity index (χ1n) is 13.8. The van der Waals surface area contributed by atoms with E-state index in [0.717, 1.165) is 5.69 Å². The average Bonchev–Trinajstić information content (AvgIpc) is 3.14. The molecule has 0 heterocycles. The van der Waals surface area contributed by atoms with E-state index >= 15 is 0 Å². The van der Waals surface area contributed by atoms with Gasteiger partial charge in [0.2, 0.25) is 0 Å². The normalized spacial score (nSPS) is 15.9. The van der Waals surface area contributed by atoms with Gasteiger partial charge in [0.1, 0.15) is 0 Å². The van der Waals surface area contributed by atoms with Crippen LogP contribution in [0.5, 0.6) is 0 Å². The lowest BCUT2D eigenvalue weighted by atomic mass is 9.61. The molecule has 4 aromatic carbocycles. The largest absolute Gasteiger partial charge is 0.355 e. The summed E-state index contributed by atoms with van der Waals surface area (Å²) in [5, 5.41) is 5.41. The van der Waals surface area contributed by atoms with Gasteiger partial charge in [0.15, 0.2) is 0 Å². The van der Waals surface area contributed by atoms with Crippen LogP contribution in [0.25, 0.3) is 0 Å². The molecule has 1 unspecified atom stereocenters. The van der Waals surface area contributed by atoms with E-state index in [4.69, 9.17) is 0 Å². The summed E-state index contributed by atoms with van der Waals surface area (Å²) in [6, 6.07) is 40.0. The zero-order chi connectivity index (χ0) is 26.9. The zero-order valence-electron chi connectivity index (χ0n) is 23.5. The number of para-hydroxylation sites is 2. The van der Waals surface area contributed by atoms with Crippen LogP contribution in [0.15, 0.2) is 131 Å². The van der Waals surface area contributed by atoms with Gasteiger partial charge in [-0.25, -0.2) is 0 Å². The molecule has 38 heavy (non-hydrogen) atoms. The Morgan fingerprint density at radius 2 is 1.16 bits per heavy atom. The molecule has 4 aromatic rings. The van der Waals surface area contributed by atoms with Crippen molar-refractivity contribution in [2.45, 2.75) is 46.2 Å². The molecule has 0 saturated carbocycles. The quantitative estimate of drug-likeness (QED) is 0.192. The van der Waals surface area contributed by atoms with Crippen LogP contribution in [0.4, 0.5) is 11.4 Å². The second kappa shape index (κ2) is 10.6. The van der Waals surface area contributed by atoms with Crippen molar-refractivity contribution >= 4 is 25.4 Å². The molecule has 0 fully saturated rings. The highest BCUT2D eigenvalue weighted by atomic mass is 28.3. The molecule has 0 spiro atoms. The van der Waals surface area contributed by atoms with Gasteiger partial charge in [-0.3, -0.25) is 0 Å². The second-order valence-electron chi connectivity index (χ2n) is 11.0. The topological polar surface area (TPSA) is 12.0 Å². The van der Waals surface area contributed by atoms with Crippen LogP contribution in [-0.2, 0) is 5.41 Å². The fraction of sp³-hybridized carbons (Fsp3) is 0.222. The van der Waals surface area contributed by atoms with Gasteiger partial charge in [-0.15, -0.1) is 0 Å². The van der Waals surface area contributed by atoms with Crippen molar-refractivity contribution in [3.63, 3.8) is 0 Å². The van der Waals surface area contributed by atoms with E-state index in [1.54, 1.807) is 0 Å². The van der Waals surface area contributed by atoms with Crippen molar-refractivity contribution in [2.75, 3.05) is 5.32 Å². The predicted octanol–water partition coefficient (Wildman–Crippen LogP) is 8.76. The van der Waals surface area contributed by atoms with Crippen LogP contribution in [-0.4, -0.2) is 8.80 Å². The molecule has 5 rings (SSSR count). The highest BCUT2D eigenvalue weighted by Gasteiger charge is 2.47. The van der Waals surface area contributed by atoms with Crippen LogP contribution in [0.3, 0.4) is 0 Å². The summed E-state index contributed by atoms with van der Waals surface area (Å²) < 4.78 is 0. The first kappa shape index (κ1) is 26.0. The van der Waals surface area contributed by atoms with Crippen molar-refractivity contribution < 1.29 is 0 Å². The highest BCUT2D eigenvalue weighted by molar-refractivity contribution is 6.72. The number of allylic oxidation sites excluding steroid dienone is 4. The summed E-state index contributed by atoms with van der Waals surface area (Å²) in [4.78, 5) is 0. The van der Waals surface area contributed by atoms with E-state index in [1.807, 2.05) is 0 Å². The van der Waals surface area contributed by atoms with Crippen LogP contribution < -0.4 is 10.5 Å². The molecule has 1 atom stereocenters. The van der Waals surface area contributed by atoms with E-state index in [2.05, 4.69) is 155 Å². The van der Waals surface area contributed by atoms with Crippen LogP contribution in [0.1, 0.15) is 44.4 Å². The Bertz CT molecular complexity index is 1440. The number of hydrogen-bond donors (Lipinski definition) is 1. The van der Waals surface area contributed by atoms with Gasteiger partial charge in [-0.2, -0.15) is 0 Å². The Hall–Kier alpha value is -3.62. The van der Waals surface area contributed by atoms with Crippen LogP contribution in [0.2, 0.25) is 13.1 Å². The van der Waals surface area contributed by atoms with Crippen molar-refractivity contribution in [2.24, 2.45) is 5.92 Å². The molecule has 0 aliphatic heterocycles. The number of anilines is 2. The maximum Gasteiger partial charge on any atom is 0.0693 e. The molecule has 1 aliphatic rings. The maximum atomic E-state index is 3.94. The summed E-state index contributed by atoms with van der Waals surface area (Å²) in [5.41, 5.74) is 11.7. The van der Waals surface area contributed by atoms with Crippen LogP contribution >= 0.6 is 0 Å². The van der Waals surface area contributed by atoms with Gasteiger partial charge in [0.25, 0.3) is 0 Å². The lowest BCUT2D eigenvalue weighted by molar-refractivity contribution is 0.628. The first-order valence-corrected chi connectivity index (χ1v) is 16.7. The fourth-order valence-electron chi connectivity index (χ4n) is 6.45. The van der Waals surface area contributed by atoms with Gasteiger partial charge in [-0.1, -0.05) is 123 Å². The molecule has 0 saturated heterocycles. The van der Waals surface area contributed by atoms with Gasteiger partial charge < -0.3 is 5.32 Å². The number of hydrogen-bond acceptors (Lipinski definition) is 1. The third-order valence-corrected chi connectivity index (χ3v) is 10.3. The molecule has 2 heteroatoms. The van der Waals surface area contributed by atoms with E-state index in [9.17, 15) is 0 Å². The fourth-order valence-corrected chi connectivity index (χ4v) is 7.75. The van der Waals surface area contributed by atoms with Crippen molar-refractivity contribution in [3.8, 4) is 0 Å². The smallest absolute Gasteiger partial charge is 0.0693 e. The monoisotopic (exact) mass is 513 g/mol. The third kappa shape index (κ3) is 4.27. The Morgan fingerprint density at radius 1 is 0.632 bits per heavy atom. The molecule has 192 valence electrons. The van der Waals surface area contributed by atoms with E-state index in [1.165, 1.54) is 49.9 Å². The van der Waals surface area contributed by atoms with E-state index in [-0.39, 0.29) is 0 Å². The van der Waals surface area contributed by atoms with Crippen LogP contribution in [0, 0.1) is 5.92 Å². The molecular formula is C36H39NSi. The van der Waals surface area contributed by atoms with Crippen molar-refractivity contribution in [3.05, 3.63) is 148 Å². The Morgan fingerprint density at radius 3 is 1.63 bits per heavy atom. The molecule has 1 N–H and O–H groups in total. The SMILES string of the molecule is CC1=C(C)C(C)C(C(c2ccccc2)(c2ccccc2)c2cccc([SiH](C)C)c2Nc2ccccc2)=C1C. The van der Waals surface area contributed by atoms with Gasteiger partial charge in [0.05, 0.1) is 14.2 Å². The lowest BCUT2D eigenvalue weighted by Gasteiger charge is -2.42. The average molecular weight is 514 g/mol. The molecular weight excluding hydrogens is 474 g/mol. The highest BCUT2D eigenvalue weighted by Crippen LogP contribution is 2.55. The molecule has 1 aliphatic carbocycles.